The quantitative estimate of drug-likeness (QED) is 0.488. The molecule has 0 saturated heterocycles. The number of aromatic nitrogens is 1. The number of halogens is 2. The topological polar surface area (TPSA) is 42.3 Å². The summed E-state index contributed by atoms with van der Waals surface area (Å²) in [7, 11) is 0. The van der Waals surface area contributed by atoms with Gasteiger partial charge in [0.1, 0.15) is 11.4 Å². The summed E-state index contributed by atoms with van der Waals surface area (Å²) in [6.45, 7) is 4.26. The second kappa shape index (κ2) is 9.47. The van der Waals surface area contributed by atoms with Crippen molar-refractivity contribution >= 4 is 21.8 Å². The zero-order chi connectivity index (χ0) is 20.8. The predicted octanol–water partition coefficient (Wildman–Crippen LogP) is 4.63. The number of amides is 1. The molecule has 3 aromatic rings. The van der Waals surface area contributed by atoms with E-state index in [-0.39, 0.29) is 24.2 Å². The first-order valence-corrected chi connectivity index (χ1v) is 9.86. The van der Waals surface area contributed by atoms with E-state index in [9.17, 15) is 14.0 Å². The zero-order valence-electron chi connectivity index (χ0n) is 15.7. The van der Waals surface area contributed by atoms with Crippen LogP contribution < -0.4 is 5.56 Å². The number of nitrogens with zero attached hydrogens (tertiary/aromatic N) is 2. The van der Waals surface area contributed by atoms with Crippen LogP contribution >= 0.6 is 15.9 Å². The number of carbonyl (C=O) groups is 1. The molecule has 0 N–H and O–H groups in total. The average molecular weight is 455 g/mol. The second-order valence-corrected chi connectivity index (χ2v) is 7.47. The molecule has 0 aliphatic heterocycles. The van der Waals surface area contributed by atoms with Crippen LogP contribution in [0.15, 0.2) is 88.8 Å². The molecular weight excluding hydrogens is 435 g/mol. The molecule has 4 nitrogen and oxygen atoms in total. The Balaban J connectivity index is 1.90. The van der Waals surface area contributed by atoms with Crippen LogP contribution in [-0.2, 0) is 13.1 Å². The van der Waals surface area contributed by atoms with E-state index < -0.39 is 11.7 Å². The molecule has 1 amide bonds. The highest BCUT2D eigenvalue weighted by atomic mass is 79.9. The van der Waals surface area contributed by atoms with E-state index in [2.05, 4.69) is 22.5 Å². The number of pyridine rings is 1. The van der Waals surface area contributed by atoms with Crippen LogP contribution in [0.1, 0.15) is 21.5 Å². The summed E-state index contributed by atoms with van der Waals surface area (Å²) < 4.78 is 16.4. The highest BCUT2D eigenvalue weighted by molar-refractivity contribution is 9.10. The smallest absolute Gasteiger partial charge is 0.263 e. The molecule has 0 unspecified atom stereocenters. The van der Waals surface area contributed by atoms with Crippen molar-refractivity contribution in [3.63, 3.8) is 0 Å². The first-order chi connectivity index (χ1) is 14.0. The summed E-state index contributed by atoms with van der Waals surface area (Å²) in [5.41, 5.74) is 0.972. The Morgan fingerprint density at radius 1 is 1.14 bits per heavy atom. The minimum atomic E-state index is -0.461. The van der Waals surface area contributed by atoms with E-state index in [1.54, 1.807) is 30.5 Å². The number of rotatable bonds is 7. The van der Waals surface area contributed by atoms with Gasteiger partial charge in [-0.25, -0.2) is 4.39 Å². The van der Waals surface area contributed by atoms with Crippen LogP contribution in [-0.4, -0.2) is 21.9 Å². The van der Waals surface area contributed by atoms with Crippen molar-refractivity contribution in [1.82, 2.24) is 9.47 Å². The van der Waals surface area contributed by atoms with Crippen LogP contribution in [0.25, 0.3) is 0 Å². The van der Waals surface area contributed by atoms with Crippen molar-refractivity contribution in [2.24, 2.45) is 0 Å². The molecule has 0 bridgehead atoms. The maximum atomic E-state index is 14.2. The summed E-state index contributed by atoms with van der Waals surface area (Å²) in [5, 5.41) is 0. The van der Waals surface area contributed by atoms with Gasteiger partial charge in [-0.15, -0.1) is 6.58 Å². The molecule has 0 spiro atoms. The van der Waals surface area contributed by atoms with Gasteiger partial charge in [-0.3, -0.25) is 9.59 Å². The summed E-state index contributed by atoms with van der Waals surface area (Å²) in [5.74, 6) is -0.874. The van der Waals surface area contributed by atoms with Crippen LogP contribution in [0, 0.1) is 5.82 Å². The van der Waals surface area contributed by atoms with E-state index >= 15 is 0 Å². The van der Waals surface area contributed by atoms with Crippen LogP contribution in [0.3, 0.4) is 0 Å². The van der Waals surface area contributed by atoms with E-state index in [0.717, 1.165) is 5.56 Å². The molecule has 29 heavy (non-hydrogen) atoms. The molecule has 6 heteroatoms. The van der Waals surface area contributed by atoms with Gasteiger partial charge >= 0.3 is 0 Å². The van der Waals surface area contributed by atoms with Crippen LogP contribution in [0.2, 0.25) is 0 Å². The fourth-order valence-corrected chi connectivity index (χ4v) is 3.43. The van der Waals surface area contributed by atoms with Crippen molar-refractivity contribution in [1.29, 1.82) is 0 Å². The molecule has 0 radical (unpaired) electrons. The van der Waals surface area contributed by atoms with E-state index in [1.807, 2.05) is 30.3 Å². The summed E-state index contributed by atoms with van der Waals surface area (Å²) in [4.78, 5) is 27.4. The third-order valence-corrected chi connectivity index (χ3v) is 4.95. The first-order valence-electron chi connectivity index (χ1n) is 9.07. The Labute approximate surface area is 177 Å². The van der Waals surface area contributed by atoms with Gasteiger partial charge in [-0.1, -0.05) is 52.3 Å². The van der Waals surface area contributed by atoms with E-state index in [0.29, 0.717) is 16.6 Å². The molecule has 1 heterocycles. The van der Waals surface area contributed by atoms with Gasteiger partial charge in [0, 0.05) is 29.3 Å². The normalized spacial score (nSPS) is 10.6. The molecule has 0 atom stereocenters. The monoisotopic (exact) mass is 454 g/mol. The Kier molecular flexibility index (Phi) is 6.77. The number of hydrogen-bond acceptors (Lipinski definition) is 2. The third kappa shape index (κ3) is 5.09. The van der Waals surface area contributed by atoms with Crippen molar-refractivity contribution in [2.45, 2.75) is 13.1 Å². The summed E-state index contributed by atoms with van der Waals surface area (Å²) in [6.07, 6.45) is 3.21. The molecule has 0 saturated carbocycles. The molecule has 0 fully saturated rings. The van der Waals surface area contributed by atoms with Crippen molar-refractivity contribution in [3.8, 4) is 0 Å². The predicted molar refractivity (Wildman–Crippen MR) is 115 cm³/mol. The van der Waals surface area contributed by atoms with Gasteiger partial charge in [0.2, 0.25) is 0 Å². The molecular formula is C23H20BrFN2O2. The Hall–Kier alpha value is -2.99. The van der Waals surface area contributed by atoms with Gasteiger partial charge in [0.05, 0.1) is 6.54 Å². The third-order valence-electron chi connectivity index (χ3n) is 4.45. The molecule has 148 valence electrons. The van der Waals surface area contributed by atoms with Crippen molar-refractivity contribution in [3.05, 3.63) is 117 Å². The largest absolute Gasteiger partial charge is 0.330 e. The first kappa shape index (κ1) is 20.7. The highest BCUT2D eigenvalue weighted by Crippen LogP contribution is 2.18. The maximum Gasteiger partial charge on any atom is 0.263 e. The second-order valence-electron chi connectivity index (χ2n) is 6.55. The number of carbonyl (C=O) groups excluding carboxylic acids is 1. The van der Waals surface area contributed by atoms with Gasteiger partial charge < -0.3 is 9.47 Å². The van der Waals surface area contributed by atoms with Gasteiger partial charge in [0.15, 0.2) is 0 Å². The lowest BCUT2D eigenvalue weighted by Gasteiger charge is -2.22. The number of hydrogen-bond donors (Lipinski definition) is 0. The van der Waals surface area contributed by atoms with Crippen molar-refractivity contribution < 1.29 is 9.18 Å². The maximum absolute atomic E-state index is 14.2. The lowest BCUT2D eigenvalue weighted by atomic mass is 10.1. The van der Waals surface area contributed by atoms with Crippen LogP contribution in [0.4, 0.5) is 4.39 Å². The molecule has 0 aliphatic carbocycles. The highest BCUT2D eigenvalue weighted by Gasteiger charge is 2.20. The lowest BCUT2D eigenvalue weighted by molar-refractivity contribution is 0.0759. The van der Waals surface area contributed by atoms with Gasteiger partial charge in [-0.2, -0.15) is 0 Å². The molecule has 1 aromatic heterocycles. The summed E-state index contributed by atoms with van der Waals surface area (Å²) in [6, 6.07) is 17.3. The van der Waals surface area contributed by atoms with Gasteiger partial charge in [0.25, 0.3) is 11.5 Å². The lowest BCUT2D eigenvalue weighted by Crippen LogP contribution is -2.36. The SMILES string of the molecule is C=CCN(Cc1cc(Br)ccc1F)C(=O)c1cccn(Cc2ccccc2)c1=O. The minimum absolute atomic E-state index is 0.0309. The van der Waals surface area contributed by atoms with E-state index in [1.165, 1.54) is 21.6 Å². The standard InChI is InChI=1S/C23H20BrFN2O2/c1-2-12-26(16-18-14-19(24)10-11-21(18)25)22(28)20-9-6-13-27(23(20)29)15-17-7-4-3-5-8-17/h2-11,13-14H,1,12,15-16H2. The van der Waals surface area contributed by atoms with E-state index in [4.69, 9.17) is 0 Å². The minimum Gasteiger partial charge on any atom is -0.330 e. The fourth-order valence-electron chi connectivity index (χ4n) is 3.02. The molecule has 2 aromatic carbocycles. The summed E-state index contributed by atoms with van der Waals surface area (Å²) >= 11 is 3.32. The Morgan fingerprint density at radius 3 is 2.62 bits per heavy atom. The van der Waals surface area contributed by atoms with Crippen molar-refractivity contribution in [2.75, 3.05) is 6.54 Å². The Bertz CT molecular complexity index is 1080. The van der Waals surface area contributed by atoms with Crippen LogP contribution in [0.5, 0.6) is 0 Å². The average Bonchev–Trinajstić information content (AvgIpc) is 2.72. The fraction of sp³-hybridized carbons (Fsp3) is 0.130. The zero-order valence-corrected chi connectivity index (χ0v) is 17.3. The molecule has 3 rings (SSSR count). The molecule has 0 aliphatic rings. The number of benzene rings is 2. The van der Waals surface area contributed by atoms with Gasteiger partial charge in [-0.05, 0) is 35.9 Å². The Morgan fingerprint density at radius 2 is 1.90 bits per heavy atom.